The Bertz CT molecular complexity index is 703. The number of aliphatic imine (C=N–C) groups is 1. The molecule has 0 radical (unpaired) electrons. The lowest BCUT2D eigenvalue weighted by Crippen LogP contribution is -2.40. The molecule has 2 unspecified atom stereocenters. The predicted molar refractivity (Wildman–Crippen MR) is 123 cm³/mol. The summed E-state index contributed by atoms with van der Waals surface area (Å²) < 4.78 is 12.0. The van der Waals surface area contributed by atoms with Crippen molar-refractivity contribution < 1.29 is 9.15 Å². The Morgan fingerprint density at radius 1 is 1.30 bits per heavy atom. The van der Waals surface area contributed by atoms with E-state index in [1.54, 1.807) is 6.26 Å². The SMILES string of the molecule is CC(NC(=NCC1CCOC1)NCCc1ccco1)c1ccccc1Br.I. The average Bonchev–Trinajstić information content (AvgIpc) is 3.33. The topological polar surface area (TPSA) is 58.8 Å². The van der Waals surface area contributed by atoms with Gasteiger partial charge in [-0.1, -0.05) is 34.1 Å². The van der Waals surface area contributed by atoms with Crippen molar-refractivity contribution in [3.05, 3.63) is 58.5 Å². The van der Waals surface area contributed by atoms with Crippen LogP contribution in [0.1, 0.15) is 30.7 Å². The molecule has 1 aromatic heterocycles. The van der Waals surface area contributed by atoms with Gasteiger partial charge < -0.3 is 19.8 Å². The van der Waals surface area contributed by atoms with Crippen LogP contribution in [0.15, 0.2) is 56.5 Å². The minimum Gasteiger partial charge on any atom is -0.469 e. The third kappa shape index (κ3) is 7.12. The molecule has 3 rings (SSSR count). The van der Waals surface area contributed by atoms with Crippen molar-refractivity contribution in [1.82, 2.24) is 10.6 Å². The molecule has 1 aliphatic heterocycles. The molecule has 0 aliphatic carbocycles. The molecule has 1 aliphatic rings. The molecule has 2 N–H and O–H groups in total. The molecule has 1 saturated heterocycles. The van der Waals surface area contributed by atoms with E-state index in [4.69, 9.17) is 14.1 Å². The van der Waals surface area contributed by atoms with Gasteiger partial charge in [-0.15, -0.1) is 24.0 Å². The minimum absolute atomic E-state index is 0. The summed E-state index contributed by atoms with van der Waals surface area (Å²) in [5.41, 5.74) is 1.21. The van der Waals surface area contributed by atoms with Crippen LogP contribution in [0.25, 0.3) is 0 Å². The number of halogens is 2. The van der Waals surface area contributed by atoms with Crippen LogP contribution < -0.4 is 10.6 Å². The van der Waals surface area contributed by atoms with Gasteiger partial charge in [-0.3, -0.25) is 4.99 Å². The van der Waals surface area contributed by atoms with E-state index in [1.807, 2.05) is 18.2 Å². The minimum atomic E-state index is 0. The van der Waals surface area contributed by atoms with Gasteiger partial charge in [-0.05, 0) is 37.1 Å². The molecule has 148 valence electrons. The molecule has 1 fully saturated rings. The summed E-state index contributed by atoms with van der Waals surface area (Å²) in [4.78, 5) is 4.79. The quantitative estimate of drug-likeness (QED) is 0.304. The number of hydrogen-bond donors (Lipinski definition) is 2. The summed E-state index contributed by atoms with van der Waals surface area (Å²) in [5.74, 6) is 2.31. The molecule has 1 aromatic carbocycles. The smallest absolute Gasteiger partial charge is 0.191 e. The molecular weight excluding hydrogens is 521 g/mol. The molecule has 2 atom stereocenters. The lowest BCUT2D eigenvalue weighted by atomic mass is 10.1. The Kier molecular flexibility index (Phi) is 9.64. The second-order valence-electron chi connectivity index (χ2n) is 6.56. The second kappa shape index (κ2) is 11.7. The van der Waals surface area contributed by atoms with E-state index in [0.29, 0.717) is 5.92 Å². The van der Waals surface area contributed by atoms with Crippen LogP contribution in [0.2, 0.25) is 0 Å². The van der Waals surface area contributed by atoms with Crippen LogP contribution in [-0.2, 0) is 11.2 Å². The van der Waals surface area contributed by atoms with Gasteiger partial charge in [0.1, 0.15) is 5.76 Å². The summed E-state index contributed by atoms with van der Waals surface area (Å²) in [5, 5.41) is 6.94. The zero-order valence-corrected chi connectivity index (χ0v) is 19.4. The van der Waals surface area contributed by atoms with Crippen molar-refractivity contribution in [2.75, 3.05) is 26.3 Å². The van der Waals surface area contributed by atoms with Gasteiger partial charge in [-0.2, -0.15) is 0 Å². The van der Waals surface area contributed by atoms with Gasteiger partial charge in [0.15, 0.2) is 5.96 Å². The summed E-state index contributed by atoms with van der Waals surface area (Å²) >= 11 is 3.63. The largest absolute Gasteiger partial charge is 0.469 e. The lowest BCUT2D eigenvalue weighted by molar-refractivity contribution is 0.187. The van der Waals surface area contributed by atoms with Crippen LogP contribution in [0, 0.1) is 5.92 Å². The Morgan fingerprint density at radius 2 is 2.15 bits per heavy atom. The van der Waals surface area contributed by atoms with Gasteiger partial charge in [0.2, 0.25) is 0 Å². The van der Waals surface area contributed by atoms with Crippen molar-refractivity contribution in [3.63, 3.8) is 0 Å². The van der Waals surface area contributed by atoms with Crippen LogP contribution in [0.5, 0.6) is 0 Å². The number of ether oxygens (including phenoxy) is 1. The molecule has 0 bridgehead atoms. The highest BCUT2D eigenvalue weighted by Gasteiger charge is 2.16. The molecular formula is C20H27BrIN3O2. The highest BCUT2D eigenvalue weighted by atomic mass is 127. The Hall–Kier alpha value is -1.06. The fourth-order valence-corrected chi connectivity index (χ4v) is 3.60. The monoisotopic (exact) mass is 547 g/mol. The number of rotatable bonds is 7. The van der Waals surface area contributed by atoms with E-state index in [-0.39, 0.29) is 30.0 Å². The molecule has 5 nitrogen and oxygen atoms in total. The number of benzene rings is 1. The lowest BCUT2D eigenvalue weighted by Gasteiger charge is -2.20. The highest BCUT2D eigenvalue weighted by Crippen LogP contribution is 2.22. The van der Waals surface area contributed by atoms with Crippen LogP contribution in [0.4, 0.5) is 0 Å². The number of furan rings is 1. The number of guanidine groups is 1. The standard InChI is InChI=1S/C20H26BrN3O2.HI/c1-15(18-6-2-3-7-19(18)21)24-20(23-13-16-9-12-25-14-16)22-10-8-17-5-4-11-26-17;/h2-7,11,15-16H,8-10,12-14H2,1H3,(H2,22,23,24);1H. The summed E-state index contributed by atoms with van der Waals surface area (Å²) in [6.45, 7) is 5.34. The zero-order chi connectivity index (χ0) is 18.2. The van der Waals surface area contributed by atoms with Crippen molar-refractivity contribution in [2.45, 2.75) is 25.8 Å². The number of nitrogens with one attached hydrogen (secondary N) is 2. The highest BCUT2D eigenvalue weighted by molar-refractivity contribution is 14.0. The maximum absolute atomic E-state index is 5.46. The molecule has 0 amide bonds. The van der Waals surface area contributed by atoms with Gasteiger partial charge in [0.25, 0.3) is 0 Å². The van der Waals surface area contributed by atoms with E-state index in [1.165, 1.54) is 5.56 Å². The predicted octanol–water partition coefficient (Wildman–Crippen LogP) is 4.54. The first-order valence-electron chi connectivity index (χ1n) is 9.12. The Balaban J connectivity index is 0.00000261. The summed E-state index contributed by atoms with van der Waals surface area (Å²) in [7, 11) is 0. The molecule has 2 aromatic rings. The summed E-state index contributed by atoms with van der Waals surface area (Å²) in [6.07, 6.45) is 3.62. The first kappa shape index (κ1) is 22.2. The van der Waals surface area contributed by atoms with Crippen LogP contribution >= 0.6 is 39.9 Å². The Labute approximate surface area is 186 Å². The first-order valence-corrected chi connectivity index (χ1v) is 9.91. The van der Waals surface area contributed by atoms with E-state index in [2.05, 4.69) is 51.7 Å². The second-order valence-corrected chi connectivity index (χ2v) is 7.42. The van der Waals surface area contributed by atoms with Crippen molar-refractivity contribution in [3.8, 4) is 0 Å². The van der Waals surface area contributed by atoms with Crippen molar-refractivity contribution in [1.29, 1.82) is 0 Å². The van der Waals surface area contributed by atoms with Gasteiger partial charge >= 0.3 is 0 Å². The molecule has 0 spiro atoms. The van der Waals surface area contributed by atoms with E-state index < -0.39 is 0 Å². The third-order valence-electron chi connectivity index (χ3n) is 4.50. The van der Waals surface area contributed by atoms with Crippen LogP contribution in [0.3, 0.4) is 0 Å². The fourth-order valence-electron chi connectivity index (χ4n) is 2.97. The maximum atomic E-state index is 5.46. The zero-order valence-electron chi connectivity index (χ0n) is 15.5. The summed E-state index contributed by atoms with van der Waals surface area (Å²) in [6, 6.07) is 12.3. The van der Waals surface area contributed by atoms with Gasteiger partial charge in [-0.25, -0.2) is 0 Å². The molecule has 2 heterocycles. The average molecular weight is 548 g/mol. The molecule has 7 heteroatoms. The molecule has 0 saturated carbocycles. The van der Waals surface area contributed by atoms with Crippen molar-refractivity contribution >= 4 is 45.9 Å². The van der Waals surface area contributed by atoms with E-state index in [9.17, 15) is 0 Å². The van der Waals surface area contributed by atoms with E-state index in [0.717, 1.165) is 55.3 Å². The number of nitrogens with zero attached hydrogens (tertiary/aromatic N) is 1. The van der Waals surface area contributed by atoms with Gasteiger partial charge in [0.05, 0.1) is 18.9 Å². The van der Waals surface area contributed by atoms with Gasteiger partial charge in [0, 0.05) is 36.5 Å². The van der Waals surface area contributed by atoms with Crippen molar-refractivity contribution in [2.24, 2.45) is 10.9 Å². The van der Waals surface area contributed by atoms with E-state index >= 15 is 0 Å². The first-order chi connectivity index (χ1) is 12.7. The normalized spacial score (nSPS) is 18.0. The molecule has 27 heavy (non-hydrogen) atoms. The number of hydrogen-bond acceptors (Lipinski definition) is 3. The fraction of sp³-hybridized carbons (Fsp3) is 0.450. The Morgan fingerprint density at radius 3 is 2.85 bits per heavy atom. The third-order valence-corrected chi connectivity index (χ3v) is 5.22. The maximum Gasteiger partial charge on any atom is 0.191 e. The van der Waals surface area contributed by atoms with Crippen LogP contribution in [-0.4, -0.2) is 32.3 Å².